The quantitative estimate of drug-likeness (QED) is 0.654. The minimum atomic E-state index is -1.76. The van der Waals surface area contributed by atoms with E-state index in [1.165, 1.54) is 17.8 Å². The van der Waals surface area contributed by atoms with E-state index in [0.717, 1.165) is 0 Å². The highest BCUT2D eigenvalue weighted by Crippen LogP contribution is 2.05. The van der Waals surface area contributed by atoms with Crippen LogP contribution in [0.4, 0.5) is 0 Å². The molecule has 1 aromatic heterocycles. The first-order valence-corrected chi connectivity index (χ1v) is 3.45. The fourth-order valence-electron chi connectivity index (χ4n) is 0.777. The van der Waals surface area contributed by atoms with Crippen LogP contribution in [0.15, 0.2) is 18.5 Å². The number of nitrogens with zero attached hydrogens (tertiary/aromatic N) is 2. The SMILES string of the molecule is CC(O)(Cn1cccn1)C(=O)O. The summed E-state index contributed by atoms with van der Waals surface area (Å²) in [5.41, 5.74) is -1.76. The standard InChI is InChI=1S/C7H10N2O3/c1-7(12,6(10)11)5-9-4-2-3-8-9/h2-4,12H,5H2,1H3,(H,10,11). The van der Waals surface area contributed by atoms with Gasteiger partial charge in [0.2, 0.25) is 0 Å². The van der Waals surface area contributed by atoms with Crippen LogP contribution in [-0.4, -0.2) is 31.6 Å². The van der Waals surface area contributed by atoms with Crippen LogP contribution >= 0.6 is 0 Å². The summed E-state index contributed by atoms with van der Waals surface area (Å²) < 4.78 is 1.37. The van der Waals surface area contributed by atoms with Crippen molar-refractivity contribution >= 4 is 5.97 Å². The summed E-state index contributed by atoms with van der Waals surface area (Å²) in [6, 6.07) is 1.66. The molecule has 0 spiro atoms. The predicted octanol–water partition coefficient (Wildman–Crippen LogP) is -0.281. The molecule has 0 amide bonds. The second-order valence-electron chi connectivity index (χ2n) is 2.78. The highest BCUT2D eigenvalue weighted by atomic mass is 16.4. The van der Waals surface area contributed by atoms with Crippen LogP contribution in [0.3, 0.4) is 0 Å². The Labute approximate surface area is 69.2 Å². The Hall–Kier alpha value is -1.36. The molecule has 0 saturated carbocycles. The summed E-state index contributed by atoms with van der Waals surface area (Å²) in [6.07, 6.45) is 3.12. The van der Waals surface area contributed by atoms with Gasteiger partial charge in [0.25, 0.3) is 0 Å². The number of aliphatic hydroxyl groups is 1. The first-order chi connectivity index (χ1) is 5.52. The lowest BCUT2D eigenvalue weighted by atomic mass is 10.1. The van der Waals surface area contributed by atoms with Crippen LogP contribution in [0.2, 0.25) is 0 Å². The molecule has 0 bridgehead atoms. The molecule has 66 valence electrons. The zero-order chi connectivity index (χ0) is 9.19. The molecular formula is C7H10N2O3. The molecule has 0 aliphatic carbocycles. The van der Waals surface area contributed by atoms with Crippen molar-refractivity contribution in [3.8, 4) is 0 Å². The molecule has 0 aliphatic heterocycles. The molecule has 0 aliphatic rings. The summed E-state index contributed by atoms with van der Waals surface area (Å²) in [4.78, 5) is 10.5. The van der Waals surface area contributed by atoms with Gasteiger partial charge >= 0.3 is 5.97 Å². The maximum Gasteiger partial charge on any atom is 0.337 e. The van der Waals surface area contributed by atoms with Gasteiger partial charge in [-0.2, -0.15) is 5.10 Å². The Morgan fingerprint density at radius 3 is 2.83 bits per heavy atom. The Bertz CT molecular complexity index is 266. The third-order valence-electron chi connectivity index (χ3n) is 1.49. The van der Waals surface area contributed by atoms with Gasteiger partial charge in [-0.05, 0) is 13.0 Å². The van der Waals surface area contributed by atoms with E-state index in [9.17, 15) is 9.90 Å². The molecule has 1 atom stereocenters. The normalized spacial score (nSPS) is 15.5. The molecule has 0 aromatic carbocycles. The van der Waals surface area contributed by atoms with E-state index < -0.39 is 11.6 Å². The zero-order valence-corrected chi connectivity index (χ0v) is 6.64. The van der Waals surface area contributed by atoms with Crippen LogP contribution in [0, 0.1) is 0 Å². The number of rotatable bonds is 3. The minimum absolute atomic E-state index is 0.0463. The Morgan fingerprint density at radius 2 is 2.42 bits per heavy atom. The summed E-state index contributed by atoms with van der Waals surface area (Å²) in [6.45, 7) is 1.19. The van der Waals surface area contributed by atoms with E-state index in [2.05, 4.69) is 5.10 Å². The fourth-order valence-corrected chi connectivity index (χ4v) is 0.777. The van der Waals surface area contributed by atoms with E-state index in [0.29, 0.717) is 0 Å². The molecule has 5 heteroatoms. The molecule has 1 unspecified atom stereocenters. The first kappa shape index (κ1) is 8.73. The lowest BCUT2D eigenvalue weighted by Gasteiger charge is -2.17. The Balaban J connectivity index is 2.69. The van der Waals surface area contributed by atoms with E-state index in [4.69, 9.17) is 5.11 Å². The summed E-state index contributed by atoms with van der Waals surface area (Å²) in [5.74, 6) is -1.25. The molecule has 0 radical (unpaired) electrons. The number of aromatic nitrogens is 2. The van der Waals surface area contributed by atoms with Crippen molar-refractivity contribution < 1.29 is 15.0 Å². The predicted molar refractivity (Wildman–Crippen MR) is 40.5 cm³/mol. The van der Waals surface area contributed by atoms with Crippen LogP contribution in [0.5, 0.6) is 0 Å². The van der Waals surface area contributed by atoms with Crippen LogP contribution in [0.1, 0.15) is 6.92 Å². The van der Waals surface area contributed by atoms with Gasteiger partial charge in [-0.25, -0.2) is 4.79 Å². The second kappa shape index (κ2) is 2.94. The van der Waals surface area contributed by atoms with Crippen molar-refractivity contribution in [2.24, 2.45) is 0 Å². The molecule has 12 heavy (non-hydrogen) atoms. The second-order valence-corrected chi connectivity index (χ2v) is 2.78. The number of hydrogen-bond acceptors (Lipinski definition) is 3. The number of hydrogen-bond donors (Lipinski definition) is 2. The third kappa shape index (κ3) is 1.82. The lowest BCUT2D eigenvalue weighted by molar-refractivity contribution is -0.158. The number of carbonyl (C=O) groups is 1. The highest BCUT2D eigenvalue weighted by Gasteiger charge is 2.30. The Morgan fingerprint density at radius 1 is 1.75 bits per heavy atom. The molecule has 0 saturated heterocycles. The maximum atomic E-state index is 10.5. The monoisotopic (exact) mass is 170 g/mol. The third-order valence-corrected chi connectivity index (χ3v) is 1.49. The zero-order valence-electron chi connectivity index (χ0n) is 6.64. The van der Waals surface area contributed by atoms with Gasteiger partial charge in [0.05, 0.1) is 6.54 Å². The molecule has 1 rings (SSSR count). The molecule has 5 nitrogen and oxygen atoms in total. The van der Waals surface area contributed by atoms with Crippen molar-refractivity contribution in [1.82, 2.24) is 9.78 Å². The molecular weight excluding hydrogens is 160 g/mol. The average Bonchev–Trinajstić information content (AvgIpc) is 2.38. The van der Waals surface area contributed by atoms with E-state index in [1.807, 2.05) is 0 Å². The Kier molecular flexibility index (Phi) is 2.14. The van der Waals surface area contributed by atoms with Crippen LogP contribution in [0.25, 0.3) is 0 Å². The molecule has 2 N–H and O–H groups in total. The average molecular weight is 170 g/mol. The minimum Gasteiger partial charge on any atom is -0.479 e. The topological polar surface area (TPSA) is 75.3 Å². The molecule has 1 heterocycles. The van der Waals surface area contributed by atoms with Gasteiger partial charge in [-0.3, -0.25) is 4.68 Å². The van der Waals surface area contributed by atoms with Gasteiger partial charge in [0, 0.05) is 12.4 Å². The largest absolute Gasteiger partial charge is 0.479 e. The molecule has 1 aromatic rings. The number of aliphatic carboxylic acids is 1. The van der Waals surface area contributed by atoms with Crippen molar-refractivity contribution in [3.63, 3.8) is 0 Å². The maximum absolute atomic E-state index is 10.5. The van der Waals surface area contributed by atoms with Gasteiger partial charge in [0.1, 0.15) is 0 Å². The van der Waals surface area contributed by atoms with Crippen molar-refractivity contribution in [2.75, 3.05) is 0 Å². The lowest BCUT2D eigenvalue weighted by Crippen LogP contribution is -2.39. The summed E-state index contributed by atoms with van der Waals surface area (Å²) in [5, 5.41) is 21.6. The van der Waals surface area contributed by atoms with Crippen LogP contribution < -0.4 is 0 Å². The summed E-state index contributed by atoms with van der Waals surface area (Å²) >= 11 is 0. The van der Waals surface area contributed by atoms with Crippen molar-refractivity contribution in [1.29, 1.82) is 0 Å². The van der Waals surface area contributed by atoms with E-state index in [1.54, 1.807) is 12.3 Å². The van der Waals surface area contributed by atoms with Crippen molar-refractivity contribution in [3.05, 3.63) is 18.5 Å². The first-order valence-electron chi connectivity index (χ1n) is 3.45. The van der Waals surface area contributed by atoms with Crippen LogP contribution in [-0.2, 0) is 11.3 Å². The molecule has 0 fully saturated rings. The van der Waals surface area contributed by atoms with Gasteiger partial charge in [-0.15, -0.1) is 0 Å². The van der Waals surface area contributed by atoms with Gasteiger partial charge < -0.3 is 10.2 Å². The highest BCUT2D eigenvalue weighted by molar-refractivity contribution is 5.76. The smallest absolute Gasteiger partial charge is 0.337 e. The van der Waals surface area contributed by atoms with E-state index in [-0.39, 0.29) is 6.54 Å². The van der Waals surface area contributed by atoms with Crippen molar-refractivity contribution in [2.45, 2.75) is 19.1 Å². The summed E-state index contributed by atoms with van der Waals surface area (Å²) in [7, 11) is 0. The fraction of sp³-hybridized carbons (Fsp3) is 0.429. The van der Waals surface area contributed by atoms with E-state index >= 15 is 0 Å². The number of carboxylic acid groups (broad SMARTS) is 1. The van der Waals surface area contributed by atoms with Gasteiger partial charge in [-0.1, -0.05) is 0 Å². The van der Waals surface area contributed by atoms with Gasteiger partial charge in [0.15, 0.2) is 5.60 Å². The number of carboxylic acids is 1.